The van der Waals surface area contributed by atoms with Gasteiger partial charge in [0.15, 0.2) is 0 Å². The topological polar surface area (TPSA) is 82.2 Å². The van der Waals surface area contributed by atoms with Crippen LogP contribution in [0, 0.1) is 17.1 Å². The Morgan fingerprint density at radius 2 is 2.30 bits per heavy atom. The van der Waals surface area contributed by atoms with E-state index in [2.05, 4.69) is 11.0 Å². The third-order valence-electron chi connectivity index (χ3n) is 3.39. The number of nitrogen functional groups attached to an aromatic ring is 1. The summed E-state index contributed by atoms with van der Waals surface area (Å²) >= 11 is 0. The summed E-state index contributed by atoms with van der Waals surface area (Å²) in [4.78, 5) is 13.6. The number of hydrogen-bond donors (Lipinski definition) is 2. The number of nitrogens with zero attached hydrogens (tertiary/aromatic N) is 2. The lowest BCUT2D eigenvalue weighted by Crippen LogP contribution is -2.30. The molecule has 6 heteroatoms. The molecule has 1 aliphatic rings. The zero-order valence-corrected chi connectivity index (χ0v) is 11.1. The van der Waals surface area contributed by atoms with Crippen LogP contribution in [0.15, 0.2) is 18.2 Å². The average Bonchev–Trinajstić information content (AvgIpc) is 3.29. The molecule has 1 amide bonds. The van der Waals surface area contributed by atoms with Gasteiger partial charge in [-0.3, -0.25) is 15.1 Å². The standard InChI is InChI=1S/C14H17FN4O/c15-13-5-2-10(14(20)18-17)8-11(13)9-19(7-1-6-16)12-3-4-12/h2,5,8,12H,1,3-4,7,9,17H2,(H,18,20). The second-order valence-electron chi connectivity index (χ2n) is 4.89. The van der Waals surface area contributed by atoms with Crippen LogP contribution in [-0.4, -0.2) is 23.4 Å². The van der Waals surface area contributed by atoms with E-state index in [1.807, 2.05) is 5.43 Å². The zero-order valence-electron chi connectivity index (χ0n) is 11.1. The fourth-order valence-electron chi connectivity index (χ4n) is 2.16. The molecule has 20 heavy (non-hydrogen) atoms. The van der Waals surface area contributed by atoms with Crippen LogP contribution >= 0.6 is 0 Å². The molecule has 0 aliphatic heterocycles. The molecular formula is C14H17FN4O. The van der Waals surface area contributed by atoms with Gasteiger partial charge in [-0.25, -0.2) is 10.2 Å². The van der Waals surface area contributed by atoms with Crippen LogP contribution in [0.3, 0.4) is 0 Å². The largest absolute Gasteiger partial charge is 0.295 e. The monoisotopic (exact) mass is 276 g/mol. The highest BCUT2D eigenvalue weighted by Gasteiger charge is 2.29. The van der Waals surface area contributed by atoms with Crippen LogP contribution in [0.4, 0.5) is 4.39 Å². The number of nitrogens with one attached hydrogen (secondary N) is 1. The predicted octanol–water partition coefficient (Wildman–Crippen LogP) is 1.31. The Morgan fingerprint density at radius 1 is 1.55 bits per heavy atom. The van der Waals surface area contributed by atoms with Crippen molar-refractivity contribution in [2.24, 2.45) is 5.84 Å². The summed E-state index contributed by atoms with van der Waals surface area (Å²) in [6.07, 6.45) is 2.58. The first kappa shape index (κ1) is 14.4. The van der Waals surface area contributed by atoms with Crippen LogP contribution in [0.1, 0.15) is 35.2 Å². The molecule has 1 aromatic carbocycles. The van der Waals surface area contributed by atoms with Crippen molar-refractivity contribution in [1.82, 2.24) is 10.3 Å². The van der Waals surface area contributed by atoms with E-state index in [0.29, 0.717) is 36.7 Å². The highest BCUT2D eigenvalue weighted by atomic mass is 19.1. The van der Waals surface area contributed by atoms with Gasteiger partial charge in [0.2, 0.25) is 0 Å². The third kappa shape index (κ3) is 3.53. The van der Waals surface area contributed by atoms with E-state index in [1.54, 1.807) is 0 Å². The van der Waals surface area contributed by atoms with E-state index >= 15 is 0 Å². The lowest BCUT2D eigenvalue weighted by atomic mass is 10.1. The zero-order chi connectivity index (χ0) is 14.5. The van der Waals surface area contributed by atoms with Crippen molar-refractivity contribution in [3.63, 3.8) is 0 Å². The molecule has 5 nitrogen and oxygen atoms in total. The summed E-state index contributed by atoms with van der Waals surface area (Å²) in [6, 6.07) is 6.72. The molecule has 0 heterocycles. The Bertz CT molecular complexity index is 536. The highest BCUT2D eigenvalue weighted by Crippen LogP contribution is 2.29. The Morgan fingerprint density at radius 3 is 2.90 bits per heavy atom. The quantitative estimate of drug-likeness (QED) is 0.466. The van der Waals surface area contributed by atoms with Gasteiger partial charge in [-0.05, 0) is 31.0 Å². The number of carbonyl (C=O) groups excluding carboxylic acids is 1. The minimum Gasteiger partial charge on any atom is -0.295 e. The van der Waals surface area contributed by atoms with Crippen molar-refractivity contribution in [2.75, 3.05) is 6.54 Å². The Balaban J connectivity index is 2.14. The predicted molar refractivity (Wildman–Crippen MR) is 71.7 cm³/mol. The van der Waals surface area contributed by atoms with Crippen molar-refractivity contribution in [3.05, 3.63) is 35.1 Å². The van der Waals surface area contributed by atoms with Crippen LogP contribution in [0.2, 0.25) is 0 Å². The first-order valence-electron chi connectivity index (χ1n) is 6.56. The summed E-state index contributed by atoms with van der Waals surface area (Å²) in [5, 5.41) is 8.67. The van der Waals surface area contributed by atoms with Crippen molar-refractivity contribution >= 4 is 5.91 Å². The van der Waals surface area contributed by atoms with Gasteiger partial charge in [0.1, 0.15) is 5.82 Å². The fourth-order valence-corrected chi connectivity index (χ4v) is 2.16. The van der Waals surface area contributed by atoms with E-state index in [0.717, 1.165) is 12.8 Å². The molecule has 0 atom stereocenters. The summed E-state index contributed by atoms with van der Waals surface area (Å²) in [5.41, 5.74) is 2.82. The molecule has 3 N–H and O–H groups in total. The Kier molecular flexibility index (Phi) is 4.66. The second kappa shape index (κ2) is 6.46. The maximum Gasteiger partial charge on any atom is 0.265 e. The van der Waals surface area contributed by atoms with Gasteiger partial charge < -0.3 is 0 Å². The fraction of sp³-hybridized carbons (Fsp3) is 0.429. The van der Waals surface area contributed by atoms with Gasteiger partial charge >= 0.3 is 0 Å². The lowest BCUT2D eigenvalue weighted by Gasteiger charge is -2.21. The minimum absolute atomic E-state index is 0.333. The molecule has 1 saturated carbocycles. The van der Waals surface area contributed by atoms with Crippen molar-refractivity contribution in [3.8, 4) is 6.07 Å². The van der Waals surface area contributed by atoms with Crippen molar-refractivity contribution < 1.29 is 9.18 Å². The highest BCUT2D eigenvalue weighted by molar-refractivity contribution is 5.93. The molecule has 0 spiro atoms. The molecular weight excluding hydrogens is 259 g/mol. The molecule has 0 aromatic heterocycles. The van der Waals surface area contributed by atoms with E-state index in [1.165, 1.54) is 18.2 Å². The second-order valence-corrected chi connectivity index (χ2v) is 4.89. The van der Waals surface area contributed by atoms with E-state index in [-0.39, 0.29) is 5.82 Å². The van der Waals surface area contributed by atoms with Crippen LogP contribution in [0.25, 0.3) is 0 Å². The first-order valence-corrected chi connectivity index (χ1v) is 6.56. The normalized spacial score (nSPS) is 14.1. The number of rotatable bonds is 6. The molecule has 0 saturated heterocycles. The van der Waals surface area contributed by atoms with E-state index in [4.69, 9.17) is 11.1 Å². The number of benzene rings is 1. The first-order chi connectivity index (χ1) is 9.65. The molecule has 1 fully saturated rings. The molecule has 1 aromatic rings. The van der Waals surface area contributed by atoms with Gasteiger partial charge in [0, 0.05) is 36.7 Å². The molecule has 0 bridgehead atoms. The van der Waals surface area contributed by atoms with Gasteiger partial charge in [0.25, 0.3) is 5.91 Å². The van der Waals surface area contributed by atoms with Gasteiger partial charge in [-0.2, -0.15) is 5.26 Å². The van der Waals surface area contributed by atoms with Gasteiger partial charge in [-0.1, -0.05) is 0 Å². The molecule has 0 unspecified atom stereocenters. The van der Waals surface area contributed by atoms with E-state index < -0.39 is 5.91 Å². The Labute approximate surface area is 117 Å². The van der Waals surface area contributed by atoms with Crippen LogP contribution in [-0.2, 0) is 6.54 Å². The summed E-state index contributed by atoms with van der Waals surface area (Å²) in [7, 11) is 0. The summed E-state index contributed by atoms with van der Waals surface area (Å²) in [5.74, 6) is 4.29. The number of hydrogen-bond acceptors (Lipinski definition) is 4. The molecule has 106 valence electrons. The smallest absolute Gasteiger partial charge is 0.265 e. The number of nitriles is 1. The summed E-state index contributed by atoms with van der Waals surface area (Å²) in [6.45, 7) is 1.03. The maximum atomic E-state index is 13.8. The average molecular weight is 276 g/mol. The molecule has 1 aliphatic carbocycles. The number of halogens is 1. The summed E-state index contributed by atoms with van der Waals surface area (Å²) < 4.78 is 13.8. The maximum absolute atomic E-state index is 13.8. The number of carbonyl (C=O) groups is 1. The van der Waals surface area contributed by atoms with Crippen LogP contribution in [0.5, 0.6) is 0 Å². The van der Waals surface area contributed by atoms with Gasteiger partial charge in [0.05, 0.1) is 6.07 Å². The van der Waals surface area contributed by atoms with Crippen molar-refractivity contribution in [1.29, 1.82) is 5.26 Å². The lowest BCUT2D eigenvalue weighted by molar-refractivity contribution is 0.0953. The molecule has 2 rings (SSSR count). The van der Waals surface area contributed by atoms with Crippen molar-refractivity contribution in [2.45, 2.75) is 31.8 Å². The Hall–Kier alpha value is -1.97. The number of nitrogens with two attached hydrogens (primary N) is 1. The SMILES string of the molecule is N#CCCN(Cc1cc(C(=O)NN)ccc1F)C1CC1. The van der Waals surface area contributed by atoms with Gasteiger partial charge in [-0.15, -0.1) is 0 Å². The minimum atomic E-state index is -0.443. The van der Waals surface area contributed by atoms with E-state index in [9.17, 15) is 9.18 Å². The van der Waals surface area contributed by atoms with Crippen LogP contribution < -0.4 is 11.3 Å². The number of amides is 1. The molecule has 0 radical (unpaired) electrons. The number of hydrazine groups is 1. The third-order valence-corrected chi connectivity index (χ3v) is 3.39.